The third-order valence-electron chi connectivity index (χ3n) is 5.63. The number of imide groups is 2. The number of nitro groups is 1. The summed E-state index contributed by atoms with van der Waals surface area (Å²) in [5.74, 6) is -1.25. The number of nitrogens with one attached hydrogen (secondary N) is 1. The molecule has 1 heterocycles. The minimum Gasteiger partial charge on any atom is -0.493 e. The summed E-state index contributed by atoms with van der Waals surface area (Å²) in [5, 5.41) is 13.3. The normalized spacial score (nSPS) is 14.5. The molecule has 10 nitrogen and oxygen atoms in total. The molecule has 3 aromatic carbocycles. The van der Waals surface area contributed by atoms with Crippen molar-refractivity contribution in [2.75, 3.05) is 12.0 Å². The van der Waals surface area contributed by atoms with Crippen LogP contribution in [0, 0.1) is 24.0 Å². The first kappa shape index (κ1) is 26.4. The molecule has 0 aliphatic carbocycles. The van der Waals surface area contributed by atoms with E-state index in [2.05, 4.69) is 5.32 Å². The Morgan fingerprint density at radius 2 is 1.76 bits per heavy atom. The smallest absolute Gasteiger partial charge is 0.335 e. The van der Waals surface area contributed by atoms with Gasteiger partial charge >= 0.3 is 6.03 Å². The van der Waals surface area contributed by atoms with Crippen LogP contribution in [-0.4, -0.2) is 29.9 Å². The zero-order valence-corrected chi connectivity index (χ0v) is 21.4. The molecule has 11 heteroatoms. The molecule has 1 N–H and O–H groups in total. The van der Waals surface area contributed by atoms with Crippen LogP contribution in [-0.2, 0) is 16.2 Å². The van der Waals surface area contributed by atoms with Crippen molar-refractivity contribution in [3.63, 3.8) is 0 Å². The average Bonchev–Trinajstić information content (AvgIpc) is 2.85. The van der Waals surface area contributed by atoms with Gasteiger partial charge in [0.25, 0.3) is 17.5 Å². The Morgan fingerprint density at radius 3 is 2.42 bits per heavy atom. The number of non-ortho nitro benzene ring substituents is 1. The monoisotopic (exact) mass is 535 g/mol. The second-order valence-corrected chi connectivity index (χ2v) is 8.96. The van der Waals surface area contributed by atoms with Crippen LogP contribution in [0.4, 0.5) is 16.2 Å². The minimum atomic E-state index is -0.846. The van der Waals surface area contributed by atoms with Crippen molar-refractivity contribution in [1.29, 1.82) is 0 Å². The van der Waals surface area contributed by atoms with Crippen molar-refractivity contribution >= 4 is 46.9 Å². The molecule has 4 rings (SSSR count). The van der Waals surface area contributed by atoms with Crippen LogP contribution in [0.25, 0.3) is 6.08 Å². The van der Waals surface area contributed by atoms with Crippen molar-refractivity contribution in [3.8, 4) is 11.5 Å². The van der Waals surface area contributed by atoms with Crippen molar-refractivity contribution in [2.45, 2.75) is 20.5 Å². The highest BCUT2D eigenvalue weighted by Crippen LogP contribution is 2.38. The number of nitrogens with zero attached hydrogens (tertiary/aromatic N) is 2. The quantitative estimate of drug-likeness (QED) is 0.192. The maximum atomic E-state index is 13.3. The van der Waals surface area contributed by atoms with Crippen molar-refractivity contribution in [1.82, 2.24) is 5.32 Å². The lowest BCUT2D eigenvalue weighted by Gasteiger charge is -2.27. The largest absolute Gasteiger partial charge is 0.493 e. The van der Waals surface area contributed by atoms with E-state index in [0.29, 0.717) is 16.8 Å². The lowest BCUT2D eigenvalue weighted by atomic mass is 10.0. The molecule has 0 radical (unpaired) electrons. The second-order valence-electron chi connectivity index (χ2n) is 8.55. The van der Waals surface area contributed by atoms with E-state index in [1.54, 1.807) is 24.3 Å². The predicted molar refractivity (Wildman–Crippen MR) is 140 cm³/mol. The molecular formula is C27H22ClN3O7. The number of nitro benzene ring substituents is 1. The molecule has 4 amide bonds. The molecule has 38 heavy (non-hydrogen) atoms. The zero-order valence-electron chi connectivity index (χ0n) is 20.6. The van der Waals surface area contributed by atoms with Gasteiger partial charge in [0.05, 0.1) is 22.7 Å². The van der Waals surface area contributed by atoms with Crippen molar-refractivity contribution < 1.29 is 28.8 Å². The summed E-state index contributed by atoms with van der Waals surface area (Å²) in [6.07, 6.45) is 1.30. The summed E-state index contributed by atoms with van der Waals surface area (Å²) in [6.45, 7) is 3.65. The second kappa shape index (κ2) is 10.7. The Balaban J connectivity index is 1.64. The Kier molecular flexibility index (Phi) is 7.45. The van der Waals surface area contributed by atoms with Gasteiger partial charge in [-0.3, -0.25) is 25.0 Å². The minimum absolute atomic E-state index is 0.0218. The number of urea groups is 1. The molecule has 3 aromatic rings. The van der Waals surface area contributed by atoms with Gasteiger partial charge < -0.3 is 9.47 Å². The third-order valence-corrected chi connectivity index (χ3v) is 5.91. The predicted octanol–water partition coefficient (Wildman–Crippen LogP) is 5.12. The molecule has 0 bridgehead atoms. The van der Waals surface area contributed by atoms with E-state index in [-0.39, 0.29) is 34.4 Å². The summed E-state index contributed by atoms with van der Waals surface area (Å²) in [5.41, 5.74) is 2.58. The first-order valence-corrected chi connectivity index (χ1v) is 11.7. The number of hydrogen-bond donors (Lipinski definition) is 1. The molecule has 1 aliphatic heterocycles. The third kappa shape index (κ3) is 5.50. The molecule has 1 fully saturated rings. The molecule has 0 spiro atoms. The number of halogens is 1. The fourth-order valence-electron chi connectivity index (χ4n) is 4.02. The van der Waals surface area contributed by atoms with E-state index in [4.69, 9.17) is 21.1 Å². The molecule has 0 atom stereocenters. The number of benzene rings is 3. The van der Waals surface area contributed by atoms with Crippen LogP contribution in [0.5, 0.6) is 11.5 Å². The van der Waals surface area contributed by atoms with Gasteiger partial charge in [0.1, 0.15) is 12.2 Å². The van der Waals surface area contributed by atoms with Crippen LogP contribution in [0.1, 0.15) is 22.3 Å². The SMILES string of the molecule is COc1cc(/C=C2\C(=O)NC(=O)N(c3cc(C)cc(C)c3)C2=O)cc(Cl)c1OCc1cccc([N+](=O)[O-])c1. The topological polar surface area (TPSA) is 128 Å². The number of anilines is 1. The van der Waals surface area contributed by atoms with Gasteiger partial charge in [-0.15, -0.1) is 0 Å². The van der Waals surface area contributed by atoms with Crippen LogP contribution in [0.2, 0.25) is 5.02 Å². The summed E-state index contributed by atoms with van der Waals surface area (Å²) in [6, 6.07) is 13.4. The fraction of sp³-hybridized carbons (Fsp3) is 0.148. The number of amides is 4. The van der Waals surface area contributed by atoms with E-state index < -0.39 is 22.8 Å². The highest BCUT2D eigenvalue weighted by Gasteiger charge is 2.37. The molecule has 0 unspecified atom stereocenters. The number of rotatable bonds is 7. The molecule has 0 saturated carbocycles. The number of carbonyl (C=O) groups excluding carboxylic acids is 3. The summed E-state index contributed by atoms with van der Waals surface area (Å²) < 4.78 is 11.2. The van der Waals surface area contributed by atoms with Crippen LogP contribution >= 0.6 is 11.6 Å². The number of barbiturate groups is 1. The van der Waals surface area contributed by atoms with Crippen LogP contribution in [0.3, 0.4) is 0 Å². The van der Waals surface area contributed by atoms with Gasteiger partial charge in [-0.05, 0) is 66.4 Å². The Morgan fingerprint density at radius 1 is 1.05 bits per heavy atom. The molecule has 1 aliphatic rings. The maximum absolute atomic E-state index is 13.3. The maximum Gasteiger partial charge on any atom is 0.335 e. The first-order valence-electron chi connectivity index (χ1n) is 11.3. The van der Waals surface area contributed by atoms with Gasteiger partial charge in [0, 0.05) is 12.1 Å². The summed E-state index contributed by atoms with van der Waals surface area (Å²) >= 11 is 6.44. The molecule has 0 aromatic heterocycles. The van der Waals surface area contributed by atoms with E-state index in [9.17, 15) is 24.5 Å². The number of methoxy groups -OCH3 is 1. The number of aryl methyl sites for hydroxylation is 2. The lowest BCUT2D eigenvalue weighted by Crippen LogP contribution is -2.54. The summed E-state index contributed by atoms with van der Waals surface area (Å²) in [7, 11) is 1.39. The van der Waals surface area contributed by atoms with E-state index in [1.165, 1.54) is 37.5 Å². The van der Waals surface area contributed by atoms with Crippen LogP contribution in [0.15, 0.2) is 60.2 Å². The molecule has 194 valence electrons. The molecular weight excluding hydrogens is 514 g/mol. The Labute approximate surface area is 222 Å². The van der Waals surface area contributed by atoms with Crippen molar-refractivity contribution in [2.24, 2.45) is 0 Å². The summed E-state index contributed by atoms with van der Waals surface area (Å²) in [4.78, 5) is 49.8. The van der Waals surface area contributed by atoms with Gasteiger partial charge in [0.15, 0.2) is 11.5 Å². The lowest BCUT2D eigenvalue weighted by molar-refractivity contribution is -0.384. The van der Waals surface area contributed by atoms with Gasteiger partial charge in [-0.1, -0.05) is 29.8 Å². The average molecular weight is 536 g/mol. The van der Waals surface area contributed by atoms with E-state index in [1.807, 2.05) is 19.9 Å². The van der Waals surface area contributed by atoms with Gasteiger partial charge in [-0.25, -0.2) is 9.69 Å². The van der Waals surface area contributed by atoms with Crippen molar-refractivity contribution in [3.05, 3.63) is 97.6 Å². The fourth-order valence-corrected chi connectivity index (χ4v) is 4.29. The standard InChI is InChI=1S/C27H22ClN3O7/c1-15-7-16(2)9-20(8-15)30-26(33)21(25(32)29-27(30)34)11-18-12-22(28)24(23(13-18)37-3)38-14-17-5-4-6-19(10-17)31(35)36/h4-13H,14H2,1-3H3,(H,29,32,34)/b21-11+. The Hall–Kier alpha value is -4.70. The van der Waals surface area contributed by atoms with Crippen LogP contribution < -0.4 is 19.7 Å². The number of ether oxygens (including phenoxy) is 2. The molecule has 1 saturated heterocycles. The highest BCUT2D eigenvalue weighted by atomic mass is 35.5. The van der Waals surface area contributed by atoms with E-state index >= 15 is 0 Å². The number of carbonyl (C=O) groups is 3. The van der Waals surface area contributed by atoms with Gasteiger partial charge in [-0.2, -0.15) is 0 Å². The Bertz CT molecular complexity index is 1500. The number of hydrogen-bond acceptors (Lipinski definition) is 7. The first-order chi connectivity index (χ1) is 18.1. The van der Waals surface area contributed by atoms with E-state index in [0.717, 1.165) is 16.0 Å². The highest BCUT2D eigenvalue weighted by molar-refractivity contribution is 6.39. The van der Waals surface area contributed by atoms with Gasteiger partial charge in [0.2, 0.25) is 0 Å². The zero-order chi connectivity index (χ0) is 27.6.